The first-order valence-corrected chi connectivity index (χ1v) is 14.0. The summed E-state index contributed by atoms with van der Waals surface area (Å²) in [6, 6.07) is 19.6. The maximum absolute atomic E-state index is 14.5. The summed E-state index contributed by atoms with van der Waals surface area (Å²) in [7, 11) is -2.26. The zero-order valence-corrected chi connectivity index (χ0v) is 22.4. The SMILES string of the molecule is COCCn1c(=NC(=O)c2ccc(S(=O)(=O)N(Cc3ccccc3)C(C)C)cc2)sc2cccc(F)c21. The highest BCUT2D eigenvalue weighted by Gasteiger charge is 2.27. The average Bonchev–Trinajstić information content (AvgIpc) is 3.24. The van der Waals surface area contributed by atoms with Crippen LogP contribution in [-0.4, -0.2) is 43.0 Å². The van der Waals surface area contributed by atoms with E-state index in [-0.39, 0.29) is 23.0 Å². The van der Waals surface area contributed by atoms with Crippen molar-refractivity contribution in [1.29, 1.82) is 0 Å². The number of sulfonamides is 1. The number of fused-ring (bicyclic) bond motifs is 1. The Balaban J connectivity index is 1.64. The number of amides is 1. The normalized spacial score (nSPS) is 12.6. The molecule has 0 aliphatic carbocycles. The molecule has 7 nitrogen and oxygen atoms in total. The van der Waals surface area contributed by atoms with E-state index in [1.165, 1.54) is 46.0 Å². The van der Waals surface area contributed by atoms with Gasteiger partial charge in [0.2, 0.25) is 10.0 Å². The minimum atomic E-state index is -3.81. The Morgan fingerprint density at radius 3 is 2.41 bits per heavy atom. The van der Waals surface area contributed by atoms with Crippen LogP contribution >= 0.6 is 11.3 Å². The van der Waals surface area contributed by atoms with Crippen molar-refractivity contribution < 1.29 is 22.3 Å². The number of para-hydroxylation sites is 1. The maximum Gasteiger partial charge on any atom is 0.279 e. The van der Waals surface area contributed by atoms with Gasteiger partial charge in [0.15, 0.2) is 4.80 Å². The molecule has 1 aromatic heterocycles. The van der Waals surface area contributed by atoms with Gasteiger partial charge in [-0.3, -0.25) is 4.79 Å². The van der Waals surface area contributed by atoms with Crippen LogP contribution in [-0.2, 0) is 27.8 Å². The molecule has 1 amide bonds. The van der Waals surface area contributed by atoms with E-state index >= 15 is 0 Å². The number of hydrogen-bond donors (Lipinski definition) is 0. The average molecular weight is 542 g/mol. The van der Waals surface area contributed by atoms with E-state index < -0.39 is 21.7 Å². The van der Waals surface area contributed by atoms with Crippen LogP contribution in [0.3, 0.4) is 0 Å². The van der Waals surface area contributed by atoms with Crippen molar-refractivity contribution >= 4 is 37.5 Å². The third kappa shape index (κ3) is 5.88. The fourth-order valence-corrected chi connectivity index (χ4v) is 6.62. The molecule has 0 atom stereocenters. The third-order valence-corrected chi connectivity index (χ3v) is 8.91. The first kappa shape index (κ1) is 26.9. The molecule has 0 radical (unpaired) electrons. The highest BCUT2D eigenvalue weighted by Crippen LogP contribution is 2.23. The van der Waals surface area contributed by atoms with Gasteiger partial charge < -0.3 is 9.30 Å². The largest absolute Gasteiger partial charge is 0.383 e. The molecular weight excluding hydrogens is 513 g/mol. The second kappa shape index (κ2) is 11.5. The van der Waals surface area contributed by atoms with Crippen molar-refractivity contribution in [2.45, 2.75) is 37.9 Å². The van der Waals surface area contributed by atoms with Crippen molar-refractivity contribution in [2.24, 2.45) is 4.99 Å². The topological polar surface area (TPSA) is 81.0 Å². The lowest BCUT2D eigenvalue weighted by atomic mass is 10.2. The van der Waals surface area contributed by atoms with Gasteiger partial charge in [-0.1, -0.05) is 47.7 Å². The van der Waals surface area contributed by atoms with Crippen molar-refractivity contribution in [3.63, 3.8) is 0 Å². The zero-order valence-electron chi connectivity index (χ0n) is 20.8. The number of ether oxygens (including phenoxy) is 1. The first-order valence-electron chi connectivity index (χ1n) is 11.7. The Morgan fingerprint density at radius 1 is 1.05 bits per heavy atom. The fourth-order valence-electron chi connectivity index (χ4n) is 3.93. The molecule has 4 rings (SSSR count). The molecule has 0 aliphatic rings. The van der Waals surface area contributed by atoms with Gasteiger partial charge in [-0.05, 0) is 55.8 Å². The lowest BCUT2D eigenvalue weighted by molar-refractivity contribution is 0.0997. The second-order valence-electron chi connectivity index (χ2n) is 8.69. The highest BCUT2D eigenvalue weighted by atomic mass is 32.2. The molecule has 0 fully saturated rings. The summed E-state index contributed by atoms with van der Waals surface area (Å²) in [4.78, 5) is 17.7. The highest BCUT2D eigenvalue weighted by molar-refractivity contribution is 7.89. The number of aromatic nitrogens is 1. The van der Waals surface area contributed by atoms with Gasteiger partial charge in [0.25, 0.3) is 5.91 Å². The Bertz CT molecular complexity index is 1560. The molecular formula is C27H28FN3O4S2. The van der Waals surface area contributed by atoms with E-state index in [9.17, 15) is 17.6 Å². The van der Waals surface area contributed by atoms with Crippen LogP contribution in [0.25, 0.3) is 10.2 Å². The van der Waals surface area contributed by atoms with Gasteiger partial charge in [-0.25, -0.2) is 12.8 Å². The van der Waals surface area contributed by atoms with E-state index in [4.69, 9.17) is 4.74 Å². The van der Waals surface area contributed by atoms with Crippen molar-refractivity contribution in [3.05, 3.63) is 94.5 Å². The third-order valence-electron chi connectivity index (χ3n) is 5.83. The van der Waals surface area contributed by atoms with Gasteiger partial charge >= 0.3 is 0 Å². The molecule has 0 spiro atoms. The monoisotopic (exact) mass is 541 g/mol. The maximum atomic E-state index is 14.5. The molecule has 194 valence electrons. The van der Waals surface area contributed by atoms with Crippen LogP contribution in [0.4, 0.5) is 4.39 Å². The molecule has 0 N–H and O–H groups in total. The minimum Gasteiger partial charge on any atom is -0.383 e. The van der Waals surface area contributed by atoms with Gasteiger partial charge in [0, 0.05) is 31.8 Å². The smallest absolute Gasteiger partial charge is 0.279 e. The molecule has 0 saturated heterocycles. The van der Waals surface area contributed by atoms with Crippen LogP contribution in [0, 0.1) is 5.82 Å². The Labute approximate surface area is 219 Å². The number of carbonyl (C=O) groups excluding carboxylic acids is 1. The lowest BCUT2D eigenvalue weighted by Gasteiger charge is -2.26. The number of rotatable bonds is 9. The lowest BCUT2D eigenvalue weighted by Crippen LogP contribution is -2.36. The summed E-state index contributed by atoms with van der Waals surface area (Å²) in [5, 5.41) is 0. The van der Waals surface area contributed by atoms with Crippen LogP contribution in [0.1, 0.15) is 29.8 Å². The van der Waals surface area contributed by atoms with Gasteiger partial charge in [-0.15, -0.1) is 0 Å². The predicted molar refractivity (Wildman–Crippen MR) is 142 cm³/mol. The number of nitrogens with zero attached hydrogens (tertiary/aromatic N) is 3. The summed E-state index contributed by atoms with van der Waals surface area (Å²) in [5.41, 5.74) is 1.48. The number of halogens is 1. The molecule has 0 aliphatic heterocycles. The van der Waals surface area contributed by atoms with E-state index in [0.717, 1.165) is 5.56 Å². The standard InChI is InChI=1S/C27H28FN3O4S2/c1-19(2)31(18-20-8-5-4-6-9-20)37(33,34)22-14-12-21(13-15-22)26(32)29-27-30(16-17-35-3)25-23(28)10-7-11-24(25)36-27/h4-15,19H,16-18H2,1-3H3. The van der Waals surface area contributed by atoms with Gasteiger partial charge in [-0.2, -0.15) is 9.30 Å². The zero-order chi connectivity index (χ0) is 26.6. The van der Waals surface area contributed by atoms with E-state index in [1.807, 2.05) is 44.2 Å². The van der Waals surface area contributed by atoms with Crippen LogP contribution in [0.15, 0.2) is 82.7 Å². The van der Waals surface area contributed by atoms with E-state index in [2.05, 4.69) is 4.99 Å². The van der Waals surface area contributed by atoms with Crippen molar-refractivity contribution in [1.82, 2.24) is 8.87 Å². The molecule has 3 aromatic carbocycles. The Morgan fingerprint density at radius 2 is 1.76 bits per heavy atom. The number of hydrogen-bond acceptors (Lipinski definition) is 5. The number of thiazole rings is 1. The first-order chi connectivity index (χ1) is 17.7. The Kier molecular flexibility index (Phi) is 8.33. The molecule has 10 heteroatoms. The second-order valence-corrected chi connectivity index (χ2v) is 11.6. The molecule has 1 heterocycles. The van der Waals surface area contributed by atoms with Crippen molar-refractivity contribution in [3.8, 4) is 0 Å². The van der Waals surface area contributed by atoms with Crippen molar-refractivity contribution in [2.75, 3.05) is 13.7 Å². The van der Waals surface area contributed by atoms with Crippen LogP contribution < -0.4 is 4.80 Å². The number of carbonyl (C=O) groups is 1. The van der Waals surface area contributed by atoms with Gasteiger partial charge in [0.1, 0.15) is 5.82 Å². The van der Waals surface area contributed by atoms with Gasteiger partial charge in [0.05, 0.1) is 21.7 Å². The minimum absolute atomic E-state index is 0.0905. The summed E-state index contributed by atoms with van der Waals surface area (Å²) in [6.07, 6.45) is 0. The predicted octanol–water partition coefficient (Wildman–Crippen LogP) is 4.83. The molecule has 4 aromatic rings. The summed E-state index contributed by atoms with van der Waals surface area (Å²) < 4.78 is 50.2. The summed E-state index contributed by atoms with van der Waals surface area (Å²) in [6.45, 7) is 4.53. The number of benzene rings is 3. The quantitative estimate of drug-likeness (QED) is 0.304. The Hall–Kier alpha value is -3.18. The van der Waals surface area contributed by atoms with E-state index in [1.54, 1.807) is 23.8 Å². The van der Waals surface area contributed by atoms with E-state index in [0.29, 0.717) is 28.2 Å². The van der Waals surface area contributed by atoms with Crippen LogP contribution in [0.5, 0.6) is 0 Å². The molecule has 0 bridgehead atoms. The summed E-state index contributed by atoms with van der Waals surface area (Å²) in [5.74, 6) is -0.953. The number of methoxy groups -OCH3 is 1. The molecule has 0 unspecified atom stereocenters. The molecule has 37 heavy (non-hydrogen) atoms. The van der Waals surface area contributed by atoms with Crippen LogP contribution in [0.2, 0.25) is 0 Å². The molecule has 0 saturated carbocycles. The summed E-state index contributed by atoms with van der Waals surface area (Å²) >= 11 is 1.20. The fraction of sp³-hybridized carbons (Fsp3) is 0.259.